The molecule has 0 saturated carbocycles. The highest BCUT2D eigenvalue weighted by Gasteiger charge is 2.17. The summed E-state index contributed by atoms with van der Waals surface area (Å²) in [6.07, 6.45) is 0. The van der Waals surface area contributed by atoms with Crippen LogP contribution in [0.15, 0.2) is 22.7 Å². The van der Waals surface area contributed by atoms with E-state index in [9.17, 15) is 0 Å². The molecule has 0 nitrogen and oxygen atoms in total. The highest BCUT2D eigenvalue weighted by Crippen LogP contribution is 2.31. The van der Waals surface area contributed by atoms with Gasteiger partial charge in [-0.15, -0.1) is 0 Å². The average Bonchev–Trinajstić information content (AvgIpc) is 2.01. The number of hydrogen-bond donors (Lipinski definition) is 0. The van der Waals surface area contributed by atoms with Crippen LogP contribution in [0.2, 0.25) is 0 Å². The molecule has 0 aliphatic carbocycles. The first-order valence-corrected chi connectivity index (χ1v) is 5.91. The number of halogens is 1. The summed E-state index contributed by atoms with van der Waals surface area (Å²) in [5, 5.41) is 0. The van der Waals surface area contributed by atoms with Crippen LogP contribution in [-0.2, 0) is 5.41 Å². The van der Waals surface area contributed by atoms with E-state index in [4.69, 9.17) is 0 Å². The van der Waals surface area contributed by atoms with Gasteiger partial charge in [0.25, 0.3) is 0 Å². The van der Waals surface area contributed by atoms with Crippen LogP contribution in [0.4, 0.5) is 0 Å². The largest absolute Gasteiger partial charge is 0.0587 e. The van der Waals surface area contributed by atoms with Crippen LogP contribution in [0.5, 0.6) is 0 Å². The molecule has 0 saturated heterocycles. The Morgan fingerprint density at radius 3 is 2.07 bits per heavy atom. The smallest absolute Gasteiger partial charge is 0.0215 e. The van der Waals surface area contributed by atoms with Crippen LogP contribution in [0, 0.1) is 0 Å². The minimum atomic E-state index is 0.217. The summed E-state index contributed by atoms with van der Waals surface area (Å²) in [4.78, 5) is 0. The summed E-state index contributed by atoms with van der Waals surface area (Å²) < 4.78 is 1.23. The Bertz CT molecular complexity index is 318. The zero-order valence-corrected chi connectivity index (χ0v) is 11.3. The molecule has 0 fully saturated rings. The van der Waals surface area contributed by atoms with Crippen molar-refractivity contribution in [1.82, 2.24) is 0 Å². The predicted molar refractivity (Wildman–Crippen MR) is 66.9 cm³/mol. The topological polar surface area (TPSA) is 0 Å². The van der Waals surface area contributed by atoms with Crippen molar-refractivity contribution in [2.75, 3.05) is 0 Å². The van der Waals surface area contributed by atoms with Crippen LogP contribution in [0.1, 0.15) is 51.7 Å². The first-order chi connectivity index (χ1) is 6.32. The van der Waals surface area contributed by atoms with E-state index >= 15 is 0 Å². The van der Waals surface area contributed by atoms with Gasteiger partial charge in [0.2, 0.25) is 0 Å². The van der Waals surface area contributed by atoms with E-state index in [0.717, 1.165) is 0 Å². The lowest BCUT2D eigenvalue weighted by Gasteiger charge is -2.21. The molecule has 78 valence electrons. The van der Waals surface area contributed by atoms with Gasteiger partial charge in [0.15, 0.2) is 0 Å². The van der Waals surface area contributed by atoms with Gasteiger partial charge in [-0.3, -0.25) is 0 Å². The Labute approximate surface area is 95.9 Å². The first kappa shape index (κ1) is 11.8. The molecule has 0 spiro atoms. The molecule has 0 N–H and O–H groups in total. The molecular formula is C13H19Br. The van der Waals surface area contributed by atoms with Gasteiger partial charge in [0.05, 0.1) is 0 Å². The van der Waals surface area contributed by atoms with Gasteiger partial charge in [0.1, 0.15) is 0 Å². The normalized spacial score (nSPS) is 12.2. The zero-order chi connectivity index (χ0) is 10.9. The number of rotatable bonds is 1. The van der Waals surface area contributed by atoms with Crippen LogP contribution < -0.4 is 0 Å². The fourth-order valence-corrected chi connectivity index (χ4v) is 2.49. The number of benzene rings is 1. The maximum Gasteiger partial charge on any atom is 0.0215 e. The van der Waals surface area contributed by atoms with E-state index < -0.39 is 0 Å². The van der Waals surface area contributed by atoms with Gasteiger partial charge in [-0.2, -0.15) is 0 Å². The van der Waals surface area contributed by atoms with Crippen molar-refractivity contribution in [3.05, 3.63) is 33.8 Å². The molecule has 0 atom stereocenters. The molecule has 0 bridgehead atoms. The molecular weight excluding hydrogens is 236 g/mol. The van der Waals surface area contributed by atoms with Gasteiger partial charge < -0.3 is 0 Å². The predicted octanol–water partition coefficient (Wildman–Crippen LogP) is 4.87. The fourth-order valence-electron chi connectivity index (χ4n) is 1.50. The van der Waals surface area contributed by atoms with E-state index in [-0.39, 0.29) is 5.41 Å². The summed E-state index contributed by atoms with van der Waals surface area (Å²) in [7, 11) is 0. The summed E-state index contributed by atoms with van der Waals surface area (Å²) in [5.41, 5.74) is 2.99. The summed E-state index contributed by atoms with van der Waals surface area (Å²) in [6.45, 7) is 11.2. The maximum atomic E-state index is 3.65. The summed E-state index contributed by atoms with van der Waals surface area (Å²) >= 11 is 3.65. The quantitative estimate of drug-likeness (QED) is 0.671. The highest BCUT2D eigenvalue weighted by molar-refractivity contribution is 9.10. The van der Waals surface area contributed by atoms with Crippen molar-refractivity contribution in [3.8, 4) is 0 Å². The Morgan fingerprint density at radius 1 is 1.14 bits per heavy atom. The fraction of sp³-hybridized carbons (Fsp3) is 0.538. The molecule has 1 aromatic carbocycles. The highest BCUT2D eigenvalue weighted by atomic mass is 79.9. The van der Waals surface area contributed by atoms with Gasteiger partial charge >= 0.3 is 0 Å². The van der Waals surface area contributed by atoms with Crippen LogP contribution in [-0.4, -0.2) is 0 Å². The molecule has 0 aromatic heterocycles. The lowest BCUT2D eigenvalue weighted by atomic mass is 9.86. The third-order valence-electron chi connectivity index (χ3n) is 2.47. The third-order valence-corrected chi connectivity index (χ3v) is 3.12. The molecule has 14 heavy (non-hydrogen) atoms. The summed E-state index contributed by atoms with van der Waals surface area (Å²) in [6, 6.07) is 6.71. The molecule has 1 heteroatoms. The number of hydrogen-bond acceptors (Lipinski definition) is 0. The lowest BCUT2D eigenvalue weighted by Crippen LogP contribution is -2.12. The Hall–Kier alpha value is -0.300. The minimum absolute atomic E-state index is 0.217. The van der Waals surface area contributed by atoms with E-state index in [1.807, 2.05) is 0 Å². The van der Waals surface area contributed by atoms with Crippen molar-refractivity contribution in [2.24, 2.45) is 0 Å². The van der Waals surface area contributed by atoms with Crippen molar-refractivity contribution >= 4 is 15.9 Å². The maximum absolute atomic E-state index is 3.65. The Balaban J connectivity index is 3.15. The second-order valence-electron chi connectivity index (χ2n) is 5.14. The van der Waals surface area contributed by atoms with Crippen LogP contribution in [0.3, 0.4) is 0 Å². The molecule has 0 amide bonds. The average molecular weight is 255 g/mol. The molecule has 0 unspecified atom stereocenters. The SMILES string of the molecule is CC(C)c1ccc(C(C)(C)C)c(Br)c1. The molecule has 0 aliphatic heterocycles. The Morgan fingerprint density at radius 2 is 1.71 bits per heavy atom. The van der Waals surface area contributed by atoms with Crippen LogP contribution in [0.25, 0.3) is 0 Å². The van der Waals surface area contributed by atoms with Crippen molar-refractivity contribution in [2.45, 2.75) is 46.0 Å². The van der Waals surface area contributed by atoms with Gasteiger partial charge in [-0.05, 0) is 28.5 Å². The monoisotopic (exact) mass is 254 g/mol. The molecule has 0 radical (unpaired) electrons. The first-order valence-electron chi connectivity index (χ1n) is 5.12. The van der Waals surface area contributed by atoms with Gasteiger partial charge in [-0.25, -0.2) is 0 Å². The zero-order valence-electron chi connectivity index (χ0n) is 9.69. The Kier molecular flexibility index (Phi) is 3.41. The van der Waals surface area contributed by atoms with E-state index in [1.165, 1.54) is 15.6 Å². The standard InChI is InChI=1S/C13H19Br/c1-9(2)10-6-7-11(12(14)8-10)13(3,4)5/h6-9H,1-5H3. The lowest BCUT2D eigenvalue weighted by molar-refractivity contribution is 0.586. The van der Waals surface area contributed by atoms with Crippen LogP contribution >= 0.6 is 15.9 Å². The molecule has 1 rings (SSSR count). The second kappa shape index (κ2) is 4.06. The van der Waals surface area contributed by atoms with Gasteiger partial charge in [-0.1, -0.05) is 62.7 Å². The van der Waals surface area contributed by atoms with Crippen molar-refractivity contribution in [1.29, 1.82) is 0 Å². The third kappa shape index (κ3) is 2.60. The minimum Gasteiger partial charge on any atom is -0.0587 e. The molecule has 0 heterocycles. The second-order valence-corrected chi connectivity index (χ2v) is 6.00. The van der Waals surface area contributed by atoms with E-state index in [0.29, 0.717) is 5.92 Å². The summed E-state index contributed by atoms with van der Waals surface area (Å²) in [5.74, 6) is 0.598. The van der Waals surface area contributed by atoms with Crippen molar-refractivity contribution < 1.29 is 0 Å². The molecule has 1 aromatic rings. The van der Waals surface area contributed by atoms with E-state index in [2.05, 4.69) is 68.7 Å². The van der Waals surface area contributed by atoms with E-state index in [1.54, 1.807) is 0 Å². The van der Waals surface area contributed by atoms with Gasteiger partial charge in [0, 0.05) is 4.47 Å². The van der Waals surface area contributed by atoms with Crippen molar-refractivity contribution in [3.63, 3.8) is 0 Å². The molecule has 0 aliphatic rings.